The first kappa shape index (κ1) is 9.94. The lowest BCUT2D eigenvalue weighted by atomic mass is 10.2. The van der Waals surface area contributed by atoms with Crippen LogP contribution in [0.25, 0.3) is 0 Å². The van der Waals surface area contributed by atoms with E-state index in [0.29, 0.717) is 12.8 Å². The third kappa shape index (κ3) is 5.39. The Balaban J connectivity index is 3.29. The van der Waals surface area contributed by atoms with Crippen LogP contribution >= 0.6 is 0 Å². The first-order chi connectivity index (χ1) is 5.35. The van der Waals surface area contributed by atoms with E-state index in [2.05, 4.69) is 9.31 Å². The first-order valence-electron chi connectivity index (χ1n) is 3.48. The van der Waals surface area contributed by atoms with Crippen molar-refractivity contribution in [3.63, 3.8) is 0 Å². The normalized spacial score (nSPS) is 11.2. The zero-order chi connectivity index (χ0) is 8.53. The molecule has 0 atom stereocenters. The number of hydrogen-bond acceptors (Lipinski definition) is 3. The van der Waals surface area contributed by atoms with Gasteiger partial charge in [-0.15, -0.1) is 0 Å². The fourth-order valence-corrected chi connectivity index (χ4v) is 0.675. The van der Waals surface area contributed by atoms with Crippen LogP contribution < -0.4 is 5.26 Å². The van der Waals surface area contributed by atoms with E-state index in [9.17, 15) is 10.1 Å². The largest absolute Gasteiger partial charge is 0.588 e. The van der Waals surface area contributed by atoms with Crippen LogP contribution in [-0.4, -0.2) is 19.4 Å². The van der Waals surface area contributed by atoms with Crippen molar-refractivity contribution in [1.29, 1.82) is 0 Å². The number of hydrogen-bond donors (Lipinski definition) is 0. The molecule has 0 N–H and O–H groups in total. The van der Waals surface area contributed by atoms with E-state index < -0.39 is 0 Å². The topological polar surface area (TPSA) is 60.7 Å². The summed E-state index contributed by atoms with van der Waals surface area (Å²) in [4.78, 5) is 9.86. The fraction of sp³-hybridized carbons (Fsp3) is 0.714. The van der Waals surface area contributed by atoms with Crippen LogP contribution in [0.5, 0.6) is 0 Å². The highest BCUT2D eigenvalue weighted by Gasteiger charge is 2.08. The lowest BCUT2D eigenvalue weighted by Crippen LogP contribution is -2.11. The van der Waals surface area contributed by atoms with Gasteiger partial charge in [-0.25, -0.2) is 0 Å². The summed E-state index contributed by atoms with van der Waals surface area (Å²) in [5.41, 5.74) is 0. The van der Waals surface area contributed by atoms with Crippen LogP contribution in [0.3, 0.4) is 0 Å². The number of unbranched alkanes of at least 4 members (excludes halogenated alkanes) is 2. The molecule has 11 heavy (non-hydrogen) atoms. The maximum atomic E-state index is 9.86. The monoisotopic (exact) mass is 160 g/mol. The molecule has 0 saturated heterocycles. The molecule has 0 aliphatic carbocycles. The highest BCUT2D eigenvalue weighted by Crippen LogP contribution is 1.98. The Morgan fingerprint density at radius 2 is 2.36 bits per heavy atom. The first-order valence-corrected chi connectivity index (χ1v) is 3.48. The summed E-state index contributed by atoms with van der Waals surface area (Å²) in [6.45, 7) is 0. The predicted molar refractivity (Wildman–Crippen MR) is 36.5 cm³/mol. The summed E-state index contributed by atoms with van der Waals surface area (Å²) in [6.07, 6.45) is 3.35. The zero-order valence-electron chi connectivity index (χ0n) is 6.54. The number of carbonyl (C=O) groups is 1. The molecular weight excluding hydrogens is 148 g/mol. The molecule has 0 amide bonds. The SMILES string of the molecule is COC(CCCCC=O)=[O+][O-]. The van der Waals surface area contributed by atoms with Crippen LogP contribution in [0, 0.1) is 0 Å². The van der Waals surface area contributed by atoms with Gasteiger partial charge in [-0.3, -0.25) is 4.58 Å². The van der Waals surface area contributed by atoms with Crippen molar-refractivity contribution in [2.75, 3.05) is 7.11 Å². The Hall–Kier alpha value is -1.06. The quantitative estimate of drug-likeness (QED) is 0.139. The molecule has 0 aliphatic rings. The second kappa shape index (κ2) is 7.05. The molecule has 64 valence electrons. The summed E-state index contributed by atoms with van der Waals surface area (Å²) >= 11 is 0. The fourth-order valence-electron chi connectivity index (χ4n) is 0.675. The number of aldehydes is 1. The van der Waals surface area contributed by atoms with Crippen LogP contribution in [0.4, 0.5) is 0 Å². The number of esters is 1. The van der Waals surface area contributed by atoms with Crippen molar-refractivity contribution < 1.29 is 19.4 Å². The Kier molecular flexibility index (Phi) is 6.37. The average molecular weight is 160 g/mol. The zero-order valence-corrected chi connectivity index (χ0v) is 6.54. The molecule has 0 fully saturated rings. The lowest BCUT2D eigenvalue weighted by Gasteiger charge is -1.92. The predicted octanol–water partition coefficient (Wildman–Crippen LogP) is -0.270. The molecule has 0 aromatic carbocycles. The lowest BCUT2D eigenvalue weighted by molar-refractivity contribution is -1.05. The van der Waals surface area contributed by atoms with E-state index in [1.165, 1.54) is 7.11 Å². The second-order valence-electron chi connectivity index (χ2n) is 2.07. The minimum Gasteiger partial charge on any atom is -0.588 e. The van der Waals surface area contributed by atoms with Crippen molar-refractivity contribution in [3.05, 3.63) is 0 Å². The van der Waals surface area contributed by atoms with Gasteiger partial charge in [0.15, 0.2) is 7.11 Å². The average Bonchev–Trinajstić information content (AvgIpc) is 2.05. The molecule has 0 unspecified atom stereocenters. The molecule has 0 heterocycles. The van der Waals surface area contributed by atoms with Gasteiger partial charge in [-0.2, -0.15) is 0 Å². The third-order valence-corrected chi connectivity index (χ3v) is 1.27. The van der Waals surface area contributed by atoms with E-state index in [-0.39, 0.29) is 5.97 Å². The third-order valence-electron chi connectivity index (χ3n) is 1.27. The van der Waals surface area contributed by atoms with E-state index in [4.69, 9.17) is 0 Å². The number of ether oxygens (including phenoxy) is 1. The van der Waals surface area contributed by atoms with Crippen molar-refractivity contribution in [1.82, 2.24) is 0 Å². The molecule has 0 aromatic heterocycles. The summed E-state index contributed by atoms with van der Waals surface area (Å²) in [7, 11) is 1.38. The molecule has 4 nitrogen and oxygen atoms in total. The van der Waals surface area contributed by atoms with Crippen LogP contribution in [0.15, 0.2) is 0 Å². The van der Waals surface area contributed by atoms with Crippen LogP contribution in [0.1, 0.15) is 25.7 Å². The maximum Gasteiger partial charge on any atom is 0.496 e. The van der Waals surface area contributed by atoms with Crippen LogP contribution in [-0.2, 0) is 14.1 Å². The Labute approximate surface area is 65.4 Å². The summed E-state index contributed by atoms with van der Waals surface area (Å²) < 4.78 is 8.21. The molecule has 0 aromatic rings. The summed E-state index contributed by atoms with van der Waals surface area (Å²) in [5, 5.41) is 9.79. The van der Waals surface area contributed by atoms with E-state index in [1.54, 1.807) is 0 Å². The Morgan fingerprint density at radius 1 is 1.64 bits per heavy atom. The number of methoxy groups -OCH3 is 1. The molecule has 0 saturated carbocycles. The van der Waals surface area contributed by atoms with Gasteiger partial charge < -0.3 is 14.8 Å². The van der Waals surface area contributed by atoms with Gasteiger partial charge >= 0.3 is 5.97 Å². The van der Waals surface area contributed by atoms with Gasteiger partial charge in [0.05, 0.1) is 0 Å². The Morgan fingerprint density at radius 3 is 2.82 bits per heavy atom. The molecule has 0 radical (unpaired) electrons. The van der Waals surface area contributed by atoms with Crippen molar-refractivity contribution in [3.8, 4) is 0 Å². The second-order valence-corrected chi connectivity index (χ2v) is 2.07. The van der Waals surface area contributed by atoms with Gasteiger partial charge in [-0.05, 0) is 12.8 Å². The number of rotatable bonds is 5. The van der Waals surface area contributed by atoms with Crippen molar-refractivity contribution >= 4 is 12.3 Å². The summed E-state index contributed by atoms with van der Waals surface area (Å²) in [6, 6.07) is 0. The summed E-state index contributed by atoms with van der Waals surface area (Å²) in [5.74, 6) is 0.0795. The molecular formula is C7H12O4. The minimum absolute atomic E-state index is 0.0795. The minimum atomic E-state index is 0.0795. The van der Waals surface area contributed by atoms with E-state index >= 15 is 0 Å². The molecule has 0 aliphatic heterocycles. The number of carbonyl (C=O) groups excluding carboxylic acids is 2. The van der Waals surface area contributed by atoms with Crippen LogP contribution in [0.2, 0.25) is 0 Å². The van der Waals surface area contributed by atoms with E-state index in [0.717, 1.165) is 19.1 Å². The van der Waals surface area contributed by atoms with Gasteiger partial charge in [-0.1, -0.05) is 0 Å². The van der Waals surface area contributed by atoms with Crippen molar-refractivity contribution in [2.45, 2.75) is 25.7 Å². The molecule has 4 heteroatoms. The van der Waals surface area contributed by atoms with Gasteiger partial charge in [0.25, 0.3) is 0 Å². The van der Waals surface area contributed by atoms with Gasteiger partial charge in [0.1, 0.15) is 12.7 Å². The molecule has 0 rings (SSSR count). The standard InChI is InChI=1S/C7H12O4/c1-10-7(11-9)5-3-2-4-6-8/h6H,2-5H2,1H3. The highest BCUT2D eigenvalue weighted by atomic mass is 17.1. The van der Waals surface area contributed by atoms with Gasteiger partial charge in [0, 0.05) is 6.42 Å². The van der Waals surface area contributed by atoms with E-state index in [1.807, 2.05) is 0 Å². The Bertz CT molecular complexity index is 130. The van der Waals surface area contributed by atoms with Gasteiger partial charge in [0.2, 0.25) is 0 Å². The highest BCUT2D eigenvalue weighted by molar-refractivity contribution is 5.69. The smallest absolute Gasteiger partial charge is 0.496 e. The molecule has 0 bridgehead atoms. The maximum absolute atomic E-state index is 9.86. The van der Waals surface area contributed by atoms with Crippen molar-refractivity contribution in [2.24, 2.45) is 0 Å². The molecule has 0 spiro atoms.